The Balaban J connectivity index is 2.23. The molecule has 0 saturated carbocycles. The monoisotopic (exact) mass is 192 g/mol. The van der Waals surface area contributed by atoms with Crippen molar-refractivity contribution < 1.29 is 9.47 Å². The lowest BCUT2D eigenvalue weighted by atomic mass is 9.92. The van der Waals surface area contributed by atoms with E-state index in [-0.39, 0.29) is 11.9 Å². The van der Waals surface area contributed by atoms with E-state index < -0.39 is 0 Å². The summed E-state index contributed by atoms with van der Waals surface area (Å²) in [4.78, 5) is 0. The number of rotatable bonds is 1. The Morgan fingerprint density at radius 2 is 2.00 bits per heavy atom. The van der Waals surface area contributed by atoms with Gasteiger partial charge in [0.15, 0.2) is 6.29 Å². The molecule has 76 valence electrons. The lowest BCUT2D eigenvalue weighted by Gasteiger charge is -2.37. The summed E-state index contributed by atoms with van der Waals surface area (Å²) in [5.41, 5.74) is 1.05. The maximum atomic E-state index is 5.84. The van der Waals surface area contributed by atoms with E-state index in [0.29, 0.717) is 0 Å². The third-order valence-electron chi connectivity index (χ3n) is 2.74. The van der Waals surface area contributed by atoms with Gasteiger partial charge in [-0.25, -0.2) is 0 Å². The van der Waals surface area contributed by atoms with Crippen LogP contribution in [0.1, 0.15) is 25.8 Å². The molecule has 2 heteroatoms. The molecule has 0 aromatic heterocycles. The summed E-state index contributed by atoms with van der Waals surface area (Å²) >= 11 is 0. The van der Waals surface area contributed by atoms with E-state index in [4.69, 9.17) is 9.47 Å². The van der Waals surface area contributed by atoms with Crippen molar-refractivity contribution >= 4 is 0 Å². The largest absolute Gasteiger partial charge is 0.353 e. The quantitative estimate of drug-likeness (QED) is 0.681. The number of hydrogen-bond donors (Lipinski definition) is 0. The highest BCUT2D eigenvalue weighted by molar-refractivity contribution is 5.22. The molecule has 1 saturated heterocycles. The van der Waals surface area contributed by atoms with Crippen molar-refractivity contribution in [3.05, 3.63) is 35.9 Å². The minimum atomic E-state index is -0.182. The van der Waals surface area contributed by atoms with Gasteiger partial charge in [0.2, 0.25) is 0 Å². The minimum absolute atomic E-state index is 0.103. The van der Waals surface area contributed by atoms with E-state index in [1.807, 2.05) is 25.1 Å². The Labute approximate surface area is 84.8 Å². The van der Waals surface area contributed by atoms with Crippen LogP contribution in [0.4, 0.5) is 0 Å². The molecular formula is C12H16O2. The molecule has 0 bridgehead atoms. The predicted octanol–water partition coefficient (Wildman–Crippen LogP) is 2.68. The van der Waals surface area contributed by atoms with E-state index >= 15 is 0 Å². The van der Waals surface area contributed by atoms with Crippen molar-refractivity contribution in [2.45, 2.75) is 32.2 Å². The van der Waals surface area contributed by atoms with Crippen molar-refractivity contribution in [3.63, 3.8) is 0 Å². The molecule has 1 aliphatic heterocycles. The van der Waals surface area contributed by atoms with Gasteiger partial charge in [-0.3, -0.25) is 0 Å². The Kier molecular flexibility index (Phi) is 2.57. The fourth-order valence-electron chi connectivity index (χ4n) is 1.88. The summed E-state index contributed by atoms with van der Waals surface area (Å²) < 4.78 is 11.2. The molecule has 0 N–H and O–H groups in total. The van der Waals surface area contributed by atoms with Gasteiger partial charge in [-0.15, -0.1) is 0 Å². The maximum absolute atomic E-state index is 5.84. The summed E-state index contributed by atoms with van der Waals surface area (Å²) in [6, 6.07) is 10.3. The van der Waals surface area contributed by atoms with Gasteiger partial charge in [0.25, 0.3) is 0 Å². The third-order valence-corrected chi connectivity index (χ3v) is 2.74. The predicted molar refractivity (Wildman–Crippen MR) is 54.9 cm³/mol. The Morgan fingerprint density at radius 1 is 1.29 bits per heavy atom. The second-order valence-corrected chi connectivity index (χ2v) is 3.90. The molecule has 1 aromatic rings. The van der Waals surface area contributed by atoms with Crippen LogP contribution in [0, 0.1) is 0 Å². The van der Waals surface area contributed by atoms with Crippen LogP contribution in [0.3, 0.4) is 0 Å². The second-order valence-electron chi connectivity index (χ2n) is 3.90. The van der Waals surface area contributed by atoms with Gasteiger partial charge in [0.1, 0.15) is 0 Å². The fraction of sp³-hybridized carbons (Fsp3) is 0.500. The molecule has 0 amide bonds. The van der Waals surface area contributed by atoms with Crippen LogP contribution in [-0.4, -0.2) is 12.9 Å². The zero-order valence-electron chi connectivity index (χ0n) is 8.69. The Hall–Kier alpha value is -0.860. The molecular weight excluding hydrogens is 176 g/mol. The number of ether oxygens (including phenoxy) is 2. The van der Waals surface area contributed by atoms with Crippen LogP contribution >= 0.6 is 0 Å². The first-order valence-corrected chi connectivity index (χ1v) is 5.06. The van der Waals surface area contributed by atoms with E-state index in [1.54, 1.807) is 0 Å². The van der Waals surface area contributed by atoms with Gasteiger partial charge in [0.05, 0.1) is 12.2 Å². The standard InChI is InChI=1S/C12H16O2/c1-10-13-9-8-12(2,14-10)11-6-4-3-5-7-11/h3-7,10H,8-9H2,1-2H3/t10-,12-/m0/s1. The van der Waals surface area contributed by atoms with Crippen molar-refractivity contribution in [3.8, 4) is 0 Å². The van der Waals surface area contributed by atoms with E-state index in [9.17, 15) is 0 Å². The molecule has 1 fully saturated rings. The average molecular weight is 192 g/mol. The van der Waals surface area contributed by atoms with E-state index in [1.165, 1.54) is 5.56 Å². The zero-order valence-corrected chi connectivity index (χ0v) is 8.69. The summed E-state index contributed by atoms with van der Waals surface area (Å²) in [5, 5.41) is 0. The fourth-order valence-corrected chi connectivity index (χ4v) is 1.88. The smallest absolute Gasteiger partial charge is 0.155 e. The van der Waals surface area contributed by atoms with Gasteiger partial charge in [-0.05, 0) is 19.4 Å². The van der Waals surface area contributed by atoms with Gasteiger partial charge in [-0.2, -0.15) is 0 Å². The molecule has 2 rings (SSSR count). The van der Waals surface area contributed by atoms with Crippen molar-refractivity contribution in [2.75, 3.05) is 6.61 Å². The SMILES string of the molecule is C[C@H]1OCC[C@@](C)(c2ccccc2)O1. The zero-order chi connectivity index (χ0) is 10.0. The van der Waals surface area contributed by atoms with Crippen LogP contribution in [0.5, 0.6) is 0 Å². The molecule has 2 atom stereocenters. The van der Waals surface area contributed by atoms with E-state index in [2.05, 4.69) is 19.1 Å². The molecule has 0 spiro atoms. The van der Waals surface area contributed by atoms with Crippen LogP contribution in [-0.2, 0) is 15.1 Å². The first kappa shape index (κ1) is 9.69. The molecule has 0 aliphatic carbocycles. The van der Waals surface area contributed by atoms with Gasteiger partial charge < -0.3 is 9.47 Å². The molecule has 1 aliphatic rings. The molecule has 14 heavy (non-hydrogen) atoms. The maximum Gasteiger partial charge on any atom is 0.155 e. The van der Waals surface area contributed by atoms with Crippen LogP contribution in [0.2, 0.25) is 0 Å². The Bertz CT molecular complexity index is 296. The lowest BCUT2D eigenvalue weighted by Crippen LogP contribution is -2.37. The summed E-state index contributed by atoms with van der Waals surface area (Å²) in [6.07, 6.45) is 0.815. The lowest BCUT2D eigenvalue weighted by molar-refractivity contribution is -0.247. The summed E-state index contributed by atoms with van der Waals surface area (Å²) in [5.74, 6) is 0. The Morgan fingerprint density at radius 3 is 2.64 bits per heavy atom. The van der Waals surface area contributed by atoms with Crippen LogP contribution in [0.25, 0.3) is 0 Å². The average Bonchev–Trinajstić information content (AvgIpc) is 2.19. The third kappa shape index (κ3) is 1.81. The summed E-state index contributed by atoms with van der Waals surface area (Å²) in [7, 11) is 0. The number of hydrogen-bond acceptors (Lipinski definition) is 2. The minimum Gasteiger partial charge on any atom is -0.353 e. The van der Waals surface area contributed by atoms with Gasteiger partial charge in [-0.1, -0.05) is 30.3 Å². The first-order chi connectivity index (χ1) is 6.71. The topological polar surface area (TPSA) is 18.5 Å². The van der Waals surface area contributed by atoms with Crippen LogP contribution in [0.15, 0.2) is 30.3 Å². The highest BCUT2D eigenvalue weighted by Crippen LogP contribution is 2.33. The second kappa shape index (κ2) is 3.71. The van der Waals surface area contributed by atoms with Crippen LogP contribution < -0.4 is 0 Å². The summed E-state index contributed by atoms with van der Waals surface area (Å²) in [6.45, 7) is 4.84. The molecule has 1 aromatic carbocycles. The van der Waals surface area contributed by atoms with Crippen molar-refractivity contribution in [2.24, 2.45) is 0 Å². The van der Waals surface area contributed by atoms with Gasteiger partial charge >= 0.3 is 0 Å². The first-order valence-electron chi connectivity index (χ1n) is 5.06. The number of benzene rings is 1. The highest BCUT2D eigenvalue weighted by Gasteiger charge is 2.33. The molecule has 0 unspecified atom stereocenters. The van der Waals surface area contributed by atoms with Gasteiger partial charge in [0, 0.05) is 6.42 Å². The van der Waals surface area contributed by atoms with Crippen molar-refractivity contribution in [1.29, 1.82) is 0 Å². The molecule has 2 nitrogen and oxygen atoms in total. The normalized spacial score (nSPS) is 32.9. The molecule has 0 radical (unpaired) electrons. The molecule has 1 heterocycles. The van der Waals surface area contributed by atoms with Crippen molar-refractivity contribution in [1.82, 2.24) is 0 Å². The highest BCUT2D eigenvalue weighted by atomic mass is 16.7. The van der Waals surface area contributed by atoms with E-state index in [0.717, 1.165) is 13.0 Å².